The van der Waals surface area contributed by atoms with E-state index in [2.05, 4.69) is 23.8 Å². The van der Waals surface area contributed by atoms with Crippen LogP contribution in [-0.4, -0.2) is 33.9 Å². The molecule has 110 valence electrons. The van der Waals surface area contributed by atoms with Gasteiger partial charge in [0.05, 0.1) is 5.56 Å². The van der Waals surface area contributed by atoms with Gasteiger partial charge in [0.2, 0.25) is 0 Å². The molecule has 0 bridgehead atoms. The van der Waals surface area contributed by atoms with Crippen molar-refractivity contribution in [3.63, 3.8) is 0 Å². The number of benzene rings is 1. The van der Waals surface area contributed by atoms with Crippen LogP contribution in [0.15, 0.2) is 42.7 Å². The van der Waals surface area contributed by atoms with Gasteiger partial charge in [0.15, 0.2) is 5.82 Å². The Morgan fingerprint density at radius 1 is 1.19 bits per heavy atom. The van der Waals surface area contributed by atoms with Gasteiger partial charge in [-0.05, 0) is 13.3 Å². The van der Waals surface area contributed by atoms with Crippen molar-refractivity contribution in [3.8, 4) is 11.4 Å². The van der Waals surface area contributed by atoms with Crippen molar-refractivity contribution in [3.05, 3.63) is 48.3 Å². The van der Waals surface area contributed by atoms with E-state index >= 15 is 0 Å². The molecule has 0 fully saturated rings. The van der Waals surface area contributed by atoms with E-state index in [1.807, 2.05) is 37.4 Å². The van der Waals surface area contributed by atoms with Gasteiger partial charge >= 0.3 is 0 Å². The molecule has 21 heavy (non-hydrogen) atoms. The molecule has 0 aliphatic rings. The van der Waals surface area contributed by atoms with Gasteiger partial charge in [0.25, 0.3) is 5.91 Å². The van der Waals surface area contributed by atoms with Crippen LogP contribution in [0.25, 0.3) is 11.4 Å². The van der Waals surface area contributed by atoms with E-state index in [4.69, 9.17) is 0 Å². The molecule has 1 aromatic heterocycles. The second-order valence-corrected chi connectivity index (χ2v) is 5.22. The third kappa shape index (κ3) is 3.66. The highest BCUT2D eigenvalue weighted by Crippen LogP contribution is 2.14. The predicted molar refractivity (Wildman–Crippen MR) is 83.9 cm³/mol. The fraction of sp³-hybridized carbons (Fsp3) is 0.353. The summed E-state index contributed by atoms with van der Waals surface area (Å²) < 4.78 is 0. The standard InChI is InChI=1S/C17H21N3O/c1-4-8-13(2)20(3)17(21)15-11-18-16(19-12-15)14-9-6-5-7-10-14/h5-7,9-13H,4,8H2,1-3H3. The Morgan fingerprint density at radius 3 is 2.38 bits per heavy atom. The van der Waals surface area contributed by atoms with E-state index in [0.717, 1.165) is 18.4 Å². The van der Waals surface area contributed by atoms with E-state index in [1.165, 1.54) is 0 Å². The molecule has 0 aliphatic carbocycles. The second-order valence-electron chi connectivity index (χ2n) is 5.22. The number of carbonyl (C=O) groups excluding carboxylic acids is 1. The Kier molecular flexibility index (Phi) is 5.04. The van der Waals surface area contributed by atoms with Gasteiger partial charge in [-0.3, -0.25) is 4.79 Å². The van der Waals surface area contributed by atoms with Crippen molar-refractivity contribution < 1.29 is 4.79 Å². The van der Waals surface area contributed by atoms with Crippen LogP contribution in [0.2, 0.25) is 0 Å². The molecule has 0 radical (unpaired) electrons. The van der Waals surface area contributed by atoms with E-state index in [0.29, 0.717) is 11.4 Å². The summed E-state index contributed by atoms with van der Waals surface area (Å²) in [6.45, 7) is 4.17. The molecule has 0 saturated heterocycles. The second kappa shape index (κ2) is 6.97. The van der Waals surface area contributed by atoms with Crippen LogP contribution in [0.1, 0.15) is 37.0 Å². The minimum absolute atomic E-state index is 0.0319. The maximum absolute atomic E-state index is 12.4. The smallest absolute Gasteiger partial charge is 0.256 e. The number of aromatic nitrogens is 2. The van der Waals surface area contributed by atoms with Crippen LogP contribution in [0.4, 0.5) is 0 Å². The van der Waals surface area contributed by atoms with E-state index < -0.39 is 0 Å². The molecular weight excluding hydrogens is 262 g/mol. The van der Waals surface area contributed by atoms with Gasteiger partial charge in [0.1, 0.15) is 0 Å². The molecule has 1 aromatic carbocycles. The predicted octanol–water partition coefficient (Wildman–Crippen LogP) is 3.40. The van der Waals surface area contributed by atoms with Crippen molar-refractivity contribution in [2.24, 2.45) is 0 Å². The highest BCUT2D eigenvalue weighted by molar-refractivity contribution is 5.93. The zero-order chi connectivity index (χ0) is 15.2. The summed E-state index contributed by atoms with van der Waals surface area (Å²) in [5.74, 6) is 0.604. The Balaban J connectivity index is 2.14. The Labute approximate surface area is 125 Å². The van der Waals surface area contributed by atoms with Crippen LogP contribution in [0, 0.1) is 0 Å². The lowest BCUT2D eigenvalue weighted by Gasteiger charge is -2.24. The summed E-state index contributed by atoms with van der Waals surface area (Å²) in [6.07, 6.45) is 5.26. The number of hydrogen-bond acceptors (Lipinski definition) is 3. The molecule has 1 atom stereocenters. The molecule has 2 aromatic rings. The molecule has 0 saturated carbocycles. The first kappa shape index (κ1) is 15.2. The summed E-state index contributed by atoms with van der Waals surface area (Å²) in [6, 6.07) is 9.95. The van der Waals surface area contributed by atoms with E-state index in [1.54, 1.807) is 17.3 Å². The molecular formula is C17H21N3O. The van der Waals surface area contributed by atoms with Gasteiger partial charge in [-0.2, -0.15) is 0 Å². The topological polar surface area (TPSA) is 46.1 Å². The maximum atomic E-state index is 12.4. The minimum Gasteiger partial charge on any atom is -0.339 e. The first-order valence-corrected chi connectivity index (χ1v) is 7.28. The van der Waals surface area contributed by atoms with Crippen molar-refractivity contribution in [2.75, 3.05) is 7.05 Å². The van der Waals surface area contributed by atoms with Crippen molar-refractivity contribution in [1.29, 1.82) is 0 Å². The number of rotatable bonds is 5. The van der Waals surface area contributed by atoms with Crippen LogP contribution >= 0.6 is 0 Å². The first-order chi connectivity index (χ1) is 10.1. The zero-order valence-electron chi connectivity index (χ0n) is 12.8. The van der Waals surface area contributed by atoms with Crippen LogP contribution in [0.3, 0.4) is 0 Å². The molecule has 2 rings (SSSR count). The lowest BCUT2D eigenvalue weighted by atomic mass is 10.1. The quantitative estimate of drug-likeness (QED) is 0.844. The molecule has 4 nitrogen and oxygen atoms in total. The fourth-order valence-corrected chi connectivity index (χ4v) is 2.19. The fourth-order valence-electron chi connectivity index (χ4n) is 2.19. The summed E-state index contributed by atoms with van der Waals surface area (Å²) in [5.41, 5.74) is 1.48. The van der Waals surface area contributed by atoms with Gasteiger partial charge in [-0.1, -0.05) is 43.7 Å². The Morgan fingerprint density at radius 2 is 1.81 bits per heavy atom. The van der Waals surface area contributed by atoms with Gasteiger partial charge in [-0.15, -0.1) is 0 Å². The van der Waals surface area contributed by atoms with Crippen molar-refractivity contribution >= 4 is 5.91 Å². The summed E-state index contributed by atoms with van der Waals surface area (Å²) in [7, 11) is 1.83. The zero-order valence-corrected chi connectivity index (χ0v) is 12.8. The number of carbonyl (C=O) groups is 1. The molecule has 1 unspecified atom stereocenters. The van der Waals surface area contributed by atoms with Crippen LogP contribution < -0.4 is 0 Å². The highest BCUT2D eigenvalue weighted by atomic mass is 16.2. The van der Waals surface area contributed by atoms with Gasteiger partial charge in [0, 0.05) is 31.0 Å². The number of nitrogens with zero attached hydrogens (tertiary/aromatic N) is 3. The summed E-state index contributed by atoms with van der Waals surface area (Å²) in [5, 5.41) is 0. The van der Waals surface area contributed by atoms with Crippen molar-refractivity contribution in [2.45, 2.75) is 32.7 Å². The molecule has 1 amide bonds. The monoisotopic (exact) mass is 283 g/mol. The average Bonchev–Trinajstić information content (AvgIpc) is 2.54. The van der Waals surface area contributed by atoms with Gasteiger partial charge in [-0.25, -0.2) is 9.97 Å². The maximum Gasteiger partial charge on any atom is 0.256 e. The van der Waals surface area contributed by atoms with Crippen LogP contribution in [-0.2, 0) is 0 Å². The highest BCUT2D eigenvalue weighted by Gasteiger charge is 2.17. The Bertz CT molecular complexity index is 581. The molecule has 0 aliphatic heterocycles. The molecule has 0 spiro atoms. The molecule has 0 N–H and O–H groups in total. The molecule has 1 heterocycles. The lowest BCUT2D eigenvalue weighted by molar-refractivity contribution is 0.0736. The lowest BCUT2D eigenvalue weighted by Crippen LogP contribution is -2.35. The average molecular weight is 283 g/mol. The molecule has 4 heteroatoms. The third-order valence-corrected chi connectivity index (χ3v) is 3.62. The number of amides is 1. The number of hydrogen-bond donors (Lipinski definition) is 0. The van der Waals surface area contributed by atoms with E-state index in [-0.39, 0.29) is 11.9 Å². The van der Waals surface area contributed by atoms with Gasteiger partial charge < -0.3 is 4.90 Å². The normalized spacial score (nSPS) is 12.0. The van der Waals surface area contributed by atoms with Crippen LogP contribution in [0.5, 0.6) is 0 Å². The SMILES string of the molecule is CCCC(C)N(C)C(=O)c1cnc(-c2ccccc2)nc1. The first-order valence-electron chi connectivity index (χ1n) is 7.28. The third-order valence-electron chi connectivity index (χ3n) is 3.62. The largest absolute Gasteiger partial charge is 0.339 e. The summed E-state index contributed by atoms with van der Waals surface area (Å²) >= 11 is 0. The summed E-state index contributed by atoms with van der Waals surface area (Å²) in [4.78, 5) is 22.7. The minimum atomic E-state index is -0.0319. The van der Waals surface area contributed by atoms with Crippen molar-refractivity contribution in [1.82, 2.24) is 14.9 Å². The van der Waals surface area contributed by atoms with E-state index in [9.17, 15) is 4.79 Å². The Hall–Kier alpha value is -2.23.